The normalized spacial score (nSPS) is 4.50. The number of nitriles is 1. The molecule has 2 nitrogen and oxygen atoms in total. The van der Waals surface area contributed by atoms with Gasteiger partial charge in [0.1, 0.15) is 0 Å². The molecule has 0 rings (SSSR count). The second-order valence-electron chi connectivity index (χ2n) is 0.479. The average Bonchev–Trinajstić information content (AvgIpc) is 1.41. The summed E-state index contributed by atoms with van der Waals surface area (Å²) in [5.74, 6) is 0. The zero-order chi connectivity index (χ0) is 4.12. The zero-order valence-corrected chi connectivity index (χ0v) is 5.98. The molecular weight excluding hydrogens is 155 g/mol. The van der Waals surface area contributed by atoms with Crippen molar-refractivity contribution in [2.24, 2.45) is 0 Å². The minimum Gasteiger partial charge on any atom is -0.541 e. The molecular formula is C3H2NOY-. The Balaban J connectivity index is 0. The van der Waals surface area contributed by atoms with Crippen molar-refractivity contribution in [2.45, 2.75) is 6.42 Å². The van der Waals surface area contributed by atoms with Crippen molar-refractivity contribution in [3.05, 3.63) is 0 Å². The van der Waals surface area contributed by atoms with Crippen LogP contribution in [0.15, 0.2) is 0 Å². The van der Waals surface area contributed by atoms with Gasteiger partial charge in [0.25, 0.3) is 0 Å². The van der Waals surface area contributed by atoms with E-state index >= 15 is 0 Å². The summed E-state index contributed by atoms with van der Waals surface area (Å²) in [5, 5.41) is 7.55. The molecule has 0 unspecified atom stereocenters. The average molecular weight is 157 g/mol. The van der Waals surface area contributed by atoms with Crippen molar-refractivity contribution in [1.29, 1.82) is 5.26 Å². The van der Waals surface area contributed by atoms with E-state index in [4.69, 9.17) is 10.1 Å². The van der Waals surface area contributed by atoms with Crippen molar-refractivity contribution in [1.82, 2.24) is 0 Å². The van der Waals surface area contributed by atoms with Gasteiger partial charge in [0.15, 0.2) is 0 Å². The van der Waals surface area contributed by atoms with Crippen LogP contribution in [0.2, 0.25) is 0 Å². The van der Waals surface area contributed by atoms with Crippen LogP contribution in [-0.4, -0.2) is 6.29 Å². The van der Waals surface area contributed by atoms with Crippen LogP contribution in [0.5, 0.6) is 0 Å². The molecule has 6 heavy (non-hydrogen) atoms. The predicted octanol–water partition coefficient (Wildman–Crippen LogP) is 0.00728. The summed E-state index contributed by atoms with van der Waals surface area (Å²) in [6.45, 7) is 0. The Kier molecular flexibility index (Phi) is 14.3. The molecule has 1 radical (unpaired) electrons. The largest absolute Gasteiger partial charge is 0.541 e. The molecule has 0 aliphatic rings. The van der Waals surface area contributed by atoms with Gasteiger partial charge < -0.3 is 4.79 Å². The topological polar surface area (TPSA) is 40.9 Å². The molecule has 0 aromatic rings. The fraction of sp³-hybridized carbons (Fsp3) is 0.333. The van der Waals surface area contributed by atoms with Crippen LogP contribution < -0.4 is 0 Å². The molecule has 0 saturated heterocycles. The van der Waals surface area contributed by atoms with Gasteiger partial charge in [-0.3, -0.25) is 6.29 Å². The van der Waals surface area contributed by atoms with E-state index in [-0.39, 0.29) is 39.1 Å². The third-order valence-electron chi connectivity index (χ3n) is 0.151. The van der Waals surface area contributed by atoms with Gasteiger partial charge in [-0.1, -0.05) is 6.42 Å². The summed E-state index contributed by atoms with van der Waals surface area (Å²) >= 11 is 0. The minimum absolute atomic E-state index is 0. The van der Waals surface area contributed by atoms with Gasteiger partial charge in [-0.25, -0.2) is 5.26 Å². The Labute approximate surface area is 61.4 Å². The molecule has 0 fully saturated rings. The van der Waals surface area contributed by atoms with Gasteiger partial charge in [0, 0.05) is 38.8 Å². The second-order valence-corrected chi connectivity index (χ2v) is 0.479. The second kappa shape index (κ2) is 8.98. The fourth-order valence-corrected chi connectivity index (χ4v) is 0.0323. The third kappa shape index (κ3) is 8.86. The Morgan fingerprint density at radius 3 is 2.33 bits per heavy atom. The maximum absolute atomic E-state index is 9.06. The van der Waals surface area contributed by atoms with Crippen LogP contribution in [0.4, 0.5) is 0 Å². The summed E-state index contributed by atoms with van der Waals surface area (Å²) in [5.41, 5.74) is 0. The van der Waals surface area contributed by atoms with Crippen LogP contribution in [0.25, 0.3) is 0 Å². The Hall–Kier alpha value is 0.264. The van der Waals surface area contributed by atoms with E-state index in [0.29, 0.717) is 0 Å². The van der Waals surface area contributed by atoms with Gasteiger partial charge >= 0.3 is 0 Å². The summed E-state index contributed by atoms with van der Waals surface area (Å²) < 4.78 is 0. The van der Waals surface area contributed by atoms with Crippen molar-refractivity contribution < 1.29 is 37.5 Å². The van der Waals surface area contributed by atoms with Crippen LogP contribution in [0.3, 0.4) is 0 Å². The quantitative estimate of drug-likeness (QED) is 0.503. The van der Waals surface area contributed by atoms with Crippen molar-refractivity contribution >= 4 is 6.29 Å². The van der Waals surface area contributed by atoms with Gasteiger partial charge in [0.2, 0.25) is 0 Å². The van der Waals surface area contributed by atoms with E-state index in [1.165, 1.54) is 6.29 Å². The smallest absolute Gasteiger partial charge is 0.0330 e. The number of carbonyl (C=O) groups excluding carboxylic acids is 1. The molecule has 0 bridgehead atoms. The van der Waals surface area contributed by atoms with Gasteiger partial charge in [-0.15, -0.1) is 0 Å². The maximum Gasteiger partial charge on any atom is 0.0330 e. The molecule has 0 N–H and O–H groups in total. The van der Waals surface area contributed by atoms with Crippen LogP contribution in [-0.2, 0) is 37.5 Å². The van der Waals surface area contributed by atoms with Gasteiger partial charge in [-0.2, -0.15) is 0 Å². The van der Waals surface area contributed by atoms with E-state index < -0.39 is 0 Å². The van der Waals surface area contributed by atoms with E-state index in [9.17, 15) is 0 Å². The van der Waals surface area contributed by atoms with Gasteiger partial charge in [0.05, 0.1) is 0 Å². The number of rotatable bonds is 1. The first-order chi connectivity index (χ1) is 2.41. The monoisotopic (exact) mass is 157 g/mol. The SMILES string of the molecule is N#CC[C-]=O.[Y]. The maximum atomic E-state index is 9.06. The van der Waals surface area contributed by atoms with Gasteiger partial charge in [-0.05, 0) is 0 Å². The van der Waals surface area contributed by atoms with E-state index in [2.05, 4.69) is 0 Å². The minimum atomic E-state index is -0.111. The first kappa shape index (κ1) is 9.55. The van der Waals surface area contributed by atoms with Crippen LogP contribution in [0, 0.1) is 11.3 Å². The molecule has 0 aliphatic heterocycles. The third-order valence-corrected chi connectivity index (χ3v) is 0.151. The molecule has 0 saturated carbocycles. The molecule has 0 atom stereocenters. The van der Waals surface area contributed by atoms with Crippen LogP contribution in [0.1, 0.15) is 6.42 Å². The molecule has 29 valence electrons. The van der Waals surface area contributed by atoms with Crippen LogP contribution >= 0.6 is 0 Å². The van der Waals surface area contributed by atoms with Crippen molar-refractivity contribution in [2.75, 3.05) is 0 Å². The molecule has 0 spiro atoms. The molecule has 0 aromatic heterocycles. The van der Waals surface area contributed by atoms with Crippen molar-refractivity contribution in [3.63, 3.8) is 0 Å². The summed E-state index contributed by atoms with van der Waals surface area (Å²) in [6.07, 6.45) is 1.30. The molecule has 0 aromatic carbocycles. The molecule has 0 aliphatic carbocycles. The summed E-state index contributed by atoms with van der Waals surface area (Å²) in [6, 6.07) is 1.59. The standard InChI is InChI=1S/C3H2NO.Y/c4-2-1-3-5;/h1H2;/q-1;. The molecule has 0 heterocycles. The van der Waals surface area contributed by atoms with E-state index in [1.807, 2.05) is 0 Å². The fourth-order valence-electron chi connectivity index (χ4n) is 0.0323. The first-order valence-electron chi connectivity index (χ1n) is 1.13. The summed E-state index contributed by atoms with van der Waals surface area (Å²) in [7, 11) is 0. The number of nitrogens with zero attached hydrogens (tertiary/aromatic N) is 1. The zero-order valence-electron chi connectivity index (χ0n) is 3.14. The number of hydrogen-bond donors (Lipinski definition) is 0. The predicted molar refractivity (Wildman–Crippen MR) is 15.9 cm³/mol. The Morgan fingerprint density at radius 2 is 2.33 bits per heavy atom. The first-order valence-corrected chi connectivity index (χ1v) is 1.13. The van der Waals surface area contributed by atoms with Crippen molar-refractivity contribution in [3.8, 4) is 6.07 Å². The summed E-state index contributed by atoms with van der Waals surface area (Å²) in [4.78, 5) is 9.06. The van der Waals surface area contributed by atoms with E-state index in [1.54, 1.807) is 6.07 Å². The molecule has 3 heteroatoms. The Morgan fingerprint density at radius 1 is 1.83 bits per heavy atom. The van der Waals surface area contributed by atoms with E-state index in [0.717, 1.165) is 0 Å². The number of hydrogen-bond acceptors (Lipinski definition) is 2. The molecule has 0 amide bonds. The Bertz CT molecular complexity index is 65.7.